The van der Waals surface area contributed by atoms with E-state index in [9.17, 15) is 4.79 Å². The second-order valence-corrected chi connectivity index (χ2v) is 5.46. The molecule has 0 saturated carbocycles. The van der Waals surface area contributed by atoms with Gasteiger partial charge in [0.25, 0.3) is 0 Å². The Labute approximate surface area is 126 Å². The third-order valence-electron chi connectivity index (χ3n) is 3.83. The highest BCUT2D eigenvalue weighted by atomic mass is 16.5. The average molecular weight is 291 g/mol. The first kappa shape index (κ1) is 15.8. The highest BCUT2D eigenvalue weighted by Gasteiger charge is 2.29. The number of ether oxygens (including phenoxy) is 1. The minimum absolute atomic E-state index is 0.00619. The first-order valence-electron chi connectivity index (χ1n) is 7.60. The van der Waals surface area contributed by atoms with Gasteiger partial charge in [-0.1, -0.05) is 18.2 Å². The third-order valence-corrected chi connectivity index (χ3v) is 3.83. The Morgan fingerprint density at radius 2 is 2.14 bits per heavy atom. The lowest BCUT2D eigenvalue weighted by Crippen LogP contribution is -2.36. The van der Waals surface area contributed by atoms with Crippen LogP contribution in [0.5, 0.6) is 0 Å². The van der Waals surface area contributed by atoms with Crippen LogP contribution in [0, 0.1) is 0 Å². The van der Waals surface area contributed by atoms with E-state index in [0.29, 0.717) is 13.1 Å². The Bertz CT molecular complexity index is 438. The molecule has 116 valence electrons. The van der Waals surface area contributed by atoms with Crippen LogP contribution in [0.25, 0.3) is 0 Å². The van der Waals surface area contributed by atoms with Gasteiger partial charge in [-0.25, -0.2) is 0 Å². The molecule has 0 spiro atoms. The van der Waals surface area contributed by atoms with E-state index in [1.807, 2.05) is 18.2 Å². The van der Waals surface area contributed by atoms with Gasteiger partial charge in [0.15, 0.2) is 0 Å². The van der Waals surface area contributed by atoms with E-state index < -0.39 is 0 Å². The van der Waals surface area contributed by atoms with Crippen molar-refractivity contribution in [1.82, 2.24) is 5.32 Å². The van der Waals surface area contributed by atoms with Gasteiger partial charge in [-0.15, -0.1) is 0 Å². The number of rotatable bonds is 7. The van der Waals surface area contributed by atoms with Gasteiger partial charge in [-0.05, 0) is 31.4 Å². The number of anilines is 1. The topological polar surface area (TPSA) is 67.6 Å². The van der Waals surface area contributed by atoms with Crippen LogP contribution in [0.2, 0.25) is 0 Å². The van der Waals surface area contributed by atoms with Gasteiger partial charge in [0, 0.05) is 32.4 Å². The van der Waals surface area contributed by atoms with Crippen LogP contribution in [0.3, 0.4) is 0 Å². The molecule has 0 radical (unpaired) electrons. The van der Waals surface area contributed by atoms with E-state index in [-0.39, 0.29) is 18.1 Å². The fourth-order valence-electron chi connectivity index (χ4n) is 2.53. The van der Waals surface area contributed by atoms with Crippen molar-refractivity contribution in [3.05, 3.63) is 30.3 Å². The summed E-state index contributed by atoms with van der Waals surface area (Å²) in [6.07, 6.45) is 2.29. The number of nitrogens with zero attached hydrogens (tertiary/aromatic N) is 1. The molecule has 5 nitrogen and oxygen atoms in total. The van der Waals surface area contributed by atoms with E-state index in [2.05, 4.69) is 29.4 Å². The molecule has 1 aromatic rings. The van der Waals surface area contributed by atoms with Crippen molar-refractivity contribution in [2.24, 2.45) is 5.73 Å². The van der Waals surface area contributed by atoms with Gasteiger partial charge >= 0.3 is 0 Å². The zero-order valence-electron chi connectivity index (χ0n) is 12.6. The van der Waals surface area contributed by atoms with E-state index >= 15 is 0 Å². The largest absolute Gasteiger partial charge is 0.375 e. The lowest BCUT2D eigenvalue weighted by atomic mass is 10.2. The molecule has 0 aliphatic carbocycles. The van der Waals surface area contributed by atoms with Gasteiger partial charge in [0.2, 0.25) is 5.91 Å². The number of hydrogen-bond donors (Lipinski definition) is 2. The molecule has 3 N–H and O–H groups in total. The number of hydrogen-bond acceptors (Lipinski definition) is 4. The highest BCUT2D eigenvalue weighted by molar-refractivity contribution is 5.80. The Morgan fingerprint density at radius 3 is 2.81 bits per heavy atom. The number of amides is 1. The monoisotopic (exact) mass is 291 g/mol. The number of nitrogens with two attached hydrogens (primary N) is 1. The molecule has 1 fully saturated rings. The highest BCUT2D eigenvalue weighted by Crippen LogP contribution is 2.18. The van der Waals surface area contributed by atoms with Crippen molar-refractivity contribution < 1.29 is 9.53 Å². The quantitative estimate of drug-likeness (QED) is 0.739. The van der Waals surface area contributed by atoms with Crippen LogP contribution >= 0.6 is 0 Å². The smallest absolute Gasteiger partial charge is 0.249 e. The maximum absolute atomic E-state index is 11.9. The molecule has 2 rings (SSSR count). The molecule has 2 atom stereocenters. The molecule has 0 bridgehead atoms. The zero-order valence-corrected chi connectivity index (χ0v) is 12.6. The van der Waals surface area contributed by atoms with Gasteiger partial charge in [0.1, 0.15) is 6.10 Å². The molecule has 0 aromatic heterocycles. The standard InChI is InChI=1S/C16H25N3O2/c1-19(13-6-3-2-4-7-13)11-5-10-18-16(20)15-9-8-14(12-17)21-15/h2-4,6-7,14-15H,5,8-12,17H2,1H3,(H,18,20). The Kier molecular flexibility index (Phi) is 6.02. The van der Waals surface area contributed by atoms with Crippen molar-refractivity contribution in [3.63, 3.8) is 0 Å². The number of benzene rings is 1. The van der Waals surface area contributed by atoms with E-state index in [1.54, 1.807) is 0 Å². The predicted molar refractivity (Wildman–Crippen MR) is 84.3 cm³/mol. The second kappa shape index (κ2) is 8.00. The van der Waals surface area contributed by atoms with Gasteiger partial charge in [0.05, 0.1) is 6.10 Å². The first-order chi connectivity index (χ1) is 10.2. The Balaban J connectivity index is 1.62. The molecule has 5 heteroatoms. The maximum atomic E-state index is 11.9. The molecule has 1 aliphatic heterocycles. The molecule has 2 unspecified atom stereocenters. The van der Waals surface area contributed by atoms with E-state index in [0.717, 1.165) is 25.8 Å². The first-order valence-corrected chi connectivity index (χ1v) is 7.60. The molecule has 1 amide bonds. The van der Waals surface area contributed by atoms with Crippen LogP contribution in [-0.4, -0.2) is 44.8 Å². The summed E-state index contributed by atoms with van der Waals surface area (Å²) in [6.45, 7) is 2.07. The lowest BCUT2D eigenvalue weighted by molar-refractivity contribution is -0.131. The number of para-hydroxylation sites is 1. The summed E-state index contributed by atoms with van der Waals surface area (Å²) < 4.78 is 5.57. The molecule has 1 aliphatic rings. The summed E-state index contributed by atoms with van der Waals surface area (Å²) in [4.78, 5) is 14.1. The number of carbonyl (C=O) groups excluding carboxylic acids is 1. The summed E-state index contributed by atoms with van der Waals surface area (Å²) in [5, 5.41) is 2.94. The van der Waals surface area contributed by atoms with E-state index in [4.69, 9.17) is 10.5 Å². The van der Waals surface area contributed by atoms with Crippen LogP contribution in [0.1, 0.15) is 19.3 Å². The minimum Gasteiger partial charge on any atom is -0.375 e. The van der Waals surface area contributed by atoms with Crippen molar-refractivity contribution in [3.8, 4) is 0 Å². The summed E-state index contributed by atoms with van der Waals surface area (Å²) in [5.74, 6) is -0.00619. The summed E-state index contributed by atoms with van der Waals surface area (Å²) in [6, 6.07) is 10.2. The van der Waals surface area contributed by atoms with Crippen molar-refractivity contribution in [2.45, 2.75) is 31.5 Å². The molecule has 21 heavy (non-hydrogen) atoms. The van der Waals surface area contributed by atoms with Crippen LogP contribution < -0.4 is 16.0 Å². The van der Waals surface area contributed by atoms with Crippen LogP contribution in [0.15, 0.2) is 30.3 Å². The SMILES string of the molecule is CN(CCCNC(=O)C1CCC(CN)O1)c1ccccc1. The summed E-state index contributed by atoms with van der Waals surface area (Å²) in [5.41, 5.74) is 6.73. The average Bonchev–Trinajstić information content (AvgIpc) is 3.01. The molecular weight excluding hydrogens is 266 g/mol. The van der Waals surface area contributed by atoms with Crippen molar-refractivity contribution in [2.75, 3.05) is 31.6 Å². The van der Waals surface area contributed by atoms with Crippen molar-refractivity contribution in [1.29, 1.82) is 0 Å². The zero-order chi connectivity index (χ0) is 15.1. The van der Waals surface area contributed by atoms with Crippen LogP contribution in [-0.2, 0) is 9.53 Å². The maximum Gasteiger partial charge on any atom is 0.249 e. The Hall–Kier alpha value is -1.59. The van der Waals surface area contributed by atoms with Crippen molar-refractivity contribution >= 4 is 11.6 Å². The molecular formula is C16H25N3O2. The van der Waals surface area contributed by atoms with Gasteiger partial charge < -0.3 is 20.7 Å². The molecule has 1 heterocycles. The van der Waals surface area contributed by atoms with Crippen LogP contribution in [0.4, 0.5) is 5.69 Å². The molecule has 1 saturated heterocycles. The number of carbonyl (C=O) groups is 1. The Morgan fingerprint density at radius 1 is 1.38 bits per heavy atom. The fourth-order valence-corrected chi connectivity index (χ4v) is 2.53. The van der Waals surface area contributed by atoms with Gasteiger partial charge in [-0.2, -0.15) is 0 Å². The van der Waals surface area contributed by atoms with Gasteiger partial charge in [-0.3, -0.25) is 4.79 Å². The molecule has 1 aromatic carbocycles. The summed E-state index contributed by atoms with van der Waals surface area (Å²) >= 11 is 0. The third kappa shape index (κ3) is 4.72. The minimum atomic E-state index is -0.314. The lowest BCUT2D eigenvalue weighted by Gasteiger charge is -2.19. The normalized spacial score (nSPS) is 21.2. The number of nitrogens with one attached hydrogen (secondary N) is 1. The fraction of sp³-hybridized carbons (Fsp3) is 0.562. The summed E-state index contributed by atoms with van der Waals surface area (Å²) in [7, 11) is 2.06. The second-order valence-electron chi connectivity index (χ2n) is 5.46. The predicted octanol–water partition coefficient (Wildman–Crippen LogP) is 1.14. The van der Waals surface area contributed by atoms with E-state index in [1.165, 1.54) is 5.69 Å².